The summed E-state index contributed by atoms with van der Waals surface area (Å²) < 4.78 is 0. The van der Waals surface area contributed by atoms with E-state index < -0.39 is 0 Å². The molecule has 1 amide bonds. The van der Waals surface area contributed by atoms with Gasteiger partial charge in [-0.05, 0) is 45.7 Å². The smallest absolute Gasteiger partial charge is 0.237 e. The zero-order valence-corrected chi connectivity index (χ0v) is 14.0. The zero-order chi connectivity index (χ0) is 12.8. The number of halogens is 2. The van der Waals surface area contributed by atoms with Gasteiger partial charge in [-0.15, -0.1) is 24.8 Å². The molecule has 0 aliphatic carbocycles. The van der Waals surface area contributed by atoms with Gasteiger partial charge >= 0.3 is 0 Å². The number of carbonyl (C=O) groups is 1. The third kappa shape index (κ3) is 6.17. The molecule has 0 radical (unpaired) electrons. The standard InChI is InChI=1S/C14H27N3O.2ClH/c1-12-6-3-5-10-17(12)11-9-16-14(18)13-7-2-4-8-15-13;;/h12-13,15H,2-11H2,1H3,(H,16,18);2*1H. The van der Waals surface area contributed by atoms with Gasteiger partial charge in [0, 0.05) is 19.1 Å². The summed E-state index contributed by atoms with van der Waals surface area (Å²) in [6, 6.07) is 0.737. The van der Waals surface area contributed by atoms with Crippen molar-refractivity contribution in [3.8, 4) is 0 Å². The van der Waals surface area contributed by atoms with Crippen LogP contribution in [0.15, 0.2) is 0 Å². The van der Waals surface area contributed by atoms with Gasteiger partial charge in [0.1, 0.15) is 0 Å². The fraction of sp³-hybridized carbons (Fsp3) is 0.929. The van der Waals surface area contributed by atoms with E-state index >= 15 is 0 Å². The van der Waals surface area contributed by atoms with Crippen LogP contribution in [0, 0.1) is 0 Å². The van der Waals surface area contributed by atoms with E-state index in [0.29, 0.717) is 6.04 Å². The number of nitrogens with one attached hydrogen (secondary N) is 2. The van der Waals surface area contributed by atoms with Crippen LogP contribution in [0.3, 0.4) is 0 Å². The highest BCUT2D eigenvalue weighted by atomic mass is 35.5. The van der Waals surface area contributed by atoms with Crippen LogP contribution in [0.2, 0.25) is 0 Å². The number of hydrogen-bond acceptors (Lipinski definition) is 3. The molecule has 2 unspecified atom stereocenters. The molecule has 2 fully saturated rings. The molecule has 20 heavy (non-hydrogen) atoms. The summed E-state index contributed by atoms with van der Waals surface area (Å²) >= 11 is 0. The molecule has 2 N–H and O–H groups in total. The Kier molecular flexibility index (Phi) is 10.6. The Bertz CT molecular complexity index is 273. The molecule has 6 heteroatoms. The SMILES string of the molecule is CC1CCCCN1CCNC(=O)C1CCCCN1.Cl.Cl. The lowest BCUT2D eigenvalue weighted by Crippen LogP contribution is -2.49. The predicted molar refractivity (Wildman–Crippen MR) is 88.0 cm³/mol. The number of likely N-dealkylation sites (tertiary alicyclic amines) is 1. The monoisotopic (exact) mass is 325 g/mol. The summed E-state index contributed by atoms with van der Waals surface area (Å²) in [6.07, 6.45) is 7.34. The number of piperidine rings is 2. The van der Waals surface area contributed by atoms with Gasteiger partial charge in [-0.2, -0.15) is 0 Å². The van der Waals surface area contributed by atoms with Crippen molar-refractivity contribution in [3.63, 3.8) is 0 Å². The third-order valence-electron chi connectivity index (χ3n) is 4.27. The molecule has 2 aliphatic rings. The molecule has 0 saturated carbocycles. The van der Waals surface area contributed by atoms with Crippen LogP contribution in [-0.2, 0) is 4.79 Å². The number of rotatable bonds is 4. The maximum absolute atomic E-state index is 11.9. The van der Waals surface area contributed by atoms with Crippen LogP contribution in [0.1, 0.15) is 45.4 Å². The average molecular weight is 326 g/mol. The van der Waals surface area contributed by atoms with Crippen molar-refractivity contribution in [2.24, 2.45) is 0 Å². The Labute approximate surface area is 135 Å². The molecule has 0 aromatic rings. The second-order valence-electron chi connectivity index (χ2n) is 5.67. The number of carbonyl (C=O) groups excluding carboxylic acids is 1. The predicted octanol–water partition coefficient (Wildman–Crippen LogP) is 1.96. The normalized spacial score (nSPS) is 27.1. The van der Waals surface area contributed by atoms with Gasteiger partial charge in [-0.3, -0.25) is 9.69 Å². The van der Waals surface area contributed by atoms with E-state index in [-0.39, 0.29) is 36.8 Å². The van der Waals surface area contributed by atoms with E-state index in [2.05, 4.69) is 22.5 Å². The van der Waals surface area contributed by atoms with Gasteiger partial charge in [0.05, 0.1) is 6.04 Å². The summed E-state index contributed by atoms with van der Waals surface area (Å²) in [6.45, 7) is 6.27. The highest BCUT2D eigenvalue weighted by molar-refractivity contribution is 5.85. The maximum Gasteiger partial charge on any atom is 0.237 e. The summed E-state index contributed by atoms with van der Waals surface area (Å²) in [7, 11) is 0. The van der Waals surface area contributed by atoms with Crippen LogP contribution in [0.5, 0.6) is 0 Å². The maximum atomic E-state index is 11.9. The topological polar surface area (TPSA) is 44.4 Å². The number of hydrogen-bond donors (Lipinski definition) is 2. The molecule has 120 valence electrons. The quantitative estimate of drug-likeness (QED) is 0.830. The van der Waals surface area contributed by atoms with Crippen molar-refractivity contribution in [3.05, 3.63) is 0 Å². The second kappa shape index (κ2) is 10.7. The number of nitrogens with zero attached hydrogens (tertiary/aromatic N) is 1. The third-order valence-corrected chi connectivity index (χ3v) is 4.27. The molecule has 2 heterocycles. The van der Waals surface area contributed by atoms with E-state index in [0.717, 1.165) is 26.1 Å². The minimum atomic E-state index is 0. The fourth-order valence-electron chi connectivity index (χ4n) is 3.01. The Morgan fingerprint density at radius 3 is 2.60 bits per heavy atom. The summed E-state index contributed by atoms with van der Waals surface area (Å²) in [4.78, 5) is 14.4. The zero-order valence-electron chi connectivity index (χ0n) is 12.4. The summed E-state index contributed by atoms with van der Waals surface area (Å²) in [5, 5.41) is 6.37. The lowest BCUT2D eigenvalue weighted by Gasteiger charge is -2.33. The highest BCUT2D eigenvalue weighted by Crippen LogP contribution is 2.15. The molecular weight excluding hydrogens is 297 g/mol. The molecule has 2 atom stereocenters. The average Bonchev–Trinajstić information content (AvgIpc) is 2.42. The molecule has 2 aliphatic heterocycles. The highest BCUT2D eigenvalue weighted by Gasteiger charge is 2.21. The first kappa shape index (κ1) is 20.0. The van der Waals surface area contributed by atoms with Crippen LogP contribution < -0.4 is 10.6 Å². The van der Waals surface area contributed by atoms with Crippen LogP contribution in [-0.4, -0.2) is 49.1 Å². The van der Waals surface area contributed by atoms with Gasteiger partial charge < -0.3 is 10.6 Å². The van der Waals surface area contributed by atoms with Crippen LogP contribution in [0.25, 0.3) is 0 Å². The van der Waals surface area contributed by atoms with Crippen molar-refractivity contribution in [2.45, 2.75) is 57.5 Å². The molecule has 0 aromatic carbocycles. The van der Waals surface area contributed by atoms with E-state index in [9.17, 15) is 4.79 Å². The van der Waals surface area contributed by atoms with Crippen LogP contribution >= 0.6 is 24.8 Å². The van der Waals surface area contributed by atoms with Crippen LogP contribution in [0.4, 0.5) is 0 Å². The Balaban J connectivity index is 0.00000180. The van der Waals surface area contributed by atoms with Crippen molar-refractivity contribution < 1.29 is 4.79 Å². The van der Waals surface area contributed by atoms with Gasteiger partial charge in [0.2, 0.25) is 5.91 Å². The number of amides is 1. The second-order valence-corrected chi connectivity index (χ2v) is 5.67. The summed E-state index contributed by atoms with van der Waals surface area (Å²) in [5.41, 5.74) is 0. The van der Waals surface area contributed by atoms with Crippen molar-refractivity contribution in [1.29, 1.82) is 0 Å². The lowest BCUT2D eigenvalue weighted by molar-refractivity contribution is -0.123. The van der Waals surface area contributed by atoms with E-state index in [1.54, 1.807) is 0 Å². The molecular formula is C14H29Cl2N3O. The van der Waals surface area contributed by atoms with Gasteiger partial charge in [-0.25, -0.2) is 0 Å². The van der Waals surface area contributed by atoms with Crippen molar-refractivity contribution in [2.75, 3.05) is 26.2 Å². The summed E-state index contributed by atoms with van der Waals surface area (Å²) in [5.74, 6) is 0.194. The van der Waals surface area contributed by atoms with E-state index in [1.165, 1.54) is 38.6 Å². The fourth-order valence-corrected chi connectivity index (χ4v) is 3.01. The van der Waals surface area contributed by atoms with Crippen molar-refractivity contribution in [1.82, 2.24) is 15.5 Å². The first-order valence-corrected chi connectivity index (χ1v) is 7.52. The Morgan fingerprint density at radius 1 is 1.20 bits per heavy atom. The van der Waals surface area contributed by atoms with Gasteiger partial charge in [0.25, 0.3) is 0 Å². The first-order valence-electron chi connectivity index (χ1n) is 7.52. The molecule has 0 bridgehead atoms. The van der Waals surface area contributed by atoms with Crippen molar-refractivity contribution >= 4 is 30.7 Å². The molecule has 0 aromatic heterocycles. The van der Waals surface area contributed by atoms with E-state index in [4.69, 9.17) is 0 Å². The molecule has 2 saturated heterocycles. The molecule has 4 nitrogen and oxygen atoms in total. The van der Waals surface area contributed by atoms with E-state index in [1.807, 2.05) is 0 Å². The Hall–Kier alpha value is -0.0300. The Morgan fingerprint density at radius 2 is 1.95 bits per heavy atom. The minimum Gasteiger partial charge on any atom is -0.353 e. The van der Waals surface area contributed by atoms with Gasteiger partial charge in [0.15, 0.2) is 0 Å². The minimum absolute atomic E-state index is 0. The molecule has 0 spiro atoms. The first-order chi connectivity index (χ1) is 8.77. The lowest BCUT2D eigenvalue weighted by atomic mass is 10.0. The van der Waals surface area contributed by atoms with Gasteiger partial charge in [-0.1, -0.05) is 12.8 Å². The largest absolute Gasteiger partial charge is 0.353 e. The molecule has 2 rings (SSSR count).